The van der Waals surface area contributed by atoms with E-state index in [-0.39, 0.29) is 0 Å². The molecule has 20 heavy (non-hydrogen) atoms. The van der Waals surface area contributed by atoms with Crippen LogP contribution in [0.5, 0.6) is 0 Å². The molecule has 0 aliphatic rings. The Morgan fingerprint density at radius 3 is 2.35 bits per heavy atom. The molecule has 104 valence electrons. The lowest BCUT2D eigenvalue weighted by molar-refractivity contribution is -0.138. The number of nitrogens with one attached hydrogen (secondary N) is 1. The Bertz CT molecular complexity index is 620. The second kappa shape index (κ2) is 5.74. The molecule has 0 bridgehead atoms. The van der Waals surface area contributed by atoms with E-state index in [1.165, 1.54) is 18.2 Å². The number of hydrogen-bond acceptors (Lipinski definition) is 2. The maximum Gasteiger partial charge on any atom is 0.330 e. The van der Waals surface area contributed by atoms with Crippen LogP contribution in [0, 0.1) is 19.7 Å². The largest absolute Gasteiger partial charge is 0.479 e. The summed E-state index contributed by atoms with van der Waals surface area (Å²) in [5.41, 5.74) is 3.17. The summed E-state index contributed by atoms with van der Waals surface area (Å²) in [5, 5.41) is 12.3. The normalized spacial score (nSPS) is 11.9. The number of benzene rings is 2. The number of aliphatic carboxylic acids is 1. The Balaban J connectivity index is 2.33. The van der Waals surface area contributed by atoms with Crippen molar-refractivity contribution in [2.45, 2.75) is 19.9 Å². The molecule has 0 aliphatic heterocycles. The molecule has 2 rings (SSSR count). The van der Waals surface area contributed by atoms with Crippen molar-refractivity contribution in [3.8, 4) is 0 Å². The van der Waals surface area contributed by atoms with Gasteiger partial charge < -0.3 is 10.4 Å². The van der Waals surface area contributed by atoms with Gasteiger partial charge in [-0.3, -0.25) is 0 Å². The van der Waals surface area contributed by atoms with Crippen LogP contribution in [-0.4, -0.2) is 11.1 Å². The van der Waals surface area contributed by atoms with Crippen LogP contribution in [0.1, 0.15) is 22.7 Å². The van der Waals surface area contributed by atoms with Crippen molar-refractivity contribution >= 4 is 11.7 Å². The Morgan fingerprint density at radius 2 is 1.80 bits per heavy atom. The van der Waals surface area contributed by atoms with Gasteiger partial charge >= 0.3 is 5.97 Å². The van der Waals surface area contributed by atoms with Crippen molar-refractivity contribution in [3.63, 3.8) is 0 Å². The summed E-state index contributed by atoms with van der Waals surface area (Å²) >= 11 is 0. The molecule has 0 saturated heterocycles. The van der Waals surface area contributed by atoms with E-state index in [4.69, 9.17) is 0 Å². The van der Waals surface area contributed by atoms with E-state index < -0.39 is 17.8 Å². The third-order valence-electron chi connectivity index (χ3n) is 2.96. The fraction of sp³-hybridized carbons (Fsp3) is 0.188. The van der Waals surface area contributed by atoms with Gasteiger partial charge in [-0.25, -0.2) is 9.18 Å². The van der Waals surface area contributed by atoms with E-state index >= 15 is 0 Å². The molecular weight excluding hydrogens is 257 g/mol. The van der Waals surface area contributed by atoms with Gasteiger partial charge in [0.1, 0.15) is 5.82 Å². The molecular formula is C16H16FNO2. The minimum absolute atomic E-state index is 0.386. The fourth-order valence-electron chi connectivity index (χ4n) is 2.20. The smallest absolute Gasteiger partial charge is 0.330 e. The highest BCUT2D eigenvalue weighted by molar-refractivity contribution is 5.79. The van der Waals surface area contributed by atoms with Gasteiger partial charge in [0, 0.05) is 5.69 Å². The molecule has 0 heterocycles. The van der Waals surface area contributed by atoms with Crippen molar-refractivity contribution in [1.29, 1.82) is 0 Å². The highest BCUT2D eigenvalue weighted by Crippen LogP contribution is 2.22. The number of hydrogen-bond donors (Lipinski definition) is 2. The van der Waals surface area contributed by atoms with Crippen LogP contribution in [0.2, 0.25) is 0 Å². The van der Waals surface area contributed by atoms with Crippen molar-refractivity contribution < 1.29 is 14.3 Å². The average molecular weight is 273 g/mol. The minimum Gasteiger partial charge on any atom is -0.479 e. The van der Waals surface area contributed by atoms with Crippen LogP contribution in [-0.2, 0) is 4.79 Å². The van der Waals surface area contributed by atoms with Gasteiger partial charge in [-0.2, -0.15) is 0 Å². The Hall–Kier alpha value is -2.36. The monoisotopic (exact) mass is 273 g/mol. The van der Waals surface area contributed by atoms with Crippen molar-refractivity contribution in [2.24, 2.45) is 0 Å². The lowest BCUT2D eigenvalue weighted by Gasteiger charge is -2.17. The molecule has 0 aliphatic carbocycles. The molecule has 0 amide bonds. The average Bonchev–Trinajstić information content (AvgIpc) is 2.34. The van der Waals surface area contributed by atoms with Crippen molar-refractivity contribution in [1.82, 2.24) is 0 Å². The SMILES string of the molecule is Cc1cc(C)cc(NC(C(=O)O)c2cccc(F)c2)c1. The van der Waals surface area contributed by atoms with Crippen molar-refractivity contribution in [3.05, 3.63) is 65.0 Å². The van der Waals surface area contributed by atoms with Gasteiger partial charge in [0.15, 0.2) is 6.04 Å². The van der Waals surface area contributed by atoms with Gasteiger partial charge in [0.25, 0.3) is 0 Å². The van der Waals surface area contributed by atoms with Gasteiger partial charge in [-0.1, -0.05) is 18.2 Å². The molecule has 2 aromatic carbocycles. The van der Waals surface area contributed by atoms with E-state index in [1.807, 2.05) is 32.0 Å². The molecule has 4 heteroatoms. The predicted molar refractivity (Wildman–Crippen MR) is 76.3 cm³/mol. The Morgan fingerprint density at radius 1 is 1.15 bits per heavy atom. The summed E-state index contributed by atoms with van der Waals surface area (Å²) in [6, 6.07) is 10.4. The molecule has 2 aromatic rings. The third kappa shape index (κ3) is 3.35. The second-order valence-corrected chi connectivity index (χ2v) is 4.85. The van der Waals surface area contributed by atoms with Gasteiger partial charge in [0.2, 0.25) is 0 Å². The lowest BCUT2D eigenvalue weighted by Crippen LogP contribution is -2.20. The molecule has 1 atom stereocenters. The number of anilines is 1. The van der Waals surface area contributed by atoms with E-state index in [9.17, 15) is 14.3 Å². The molecule has 0 spiro atoms. The van der Waals surface area contributed by atoms with Crippen LogP contribution in [0.3, 0.4) is 0 Å². The predicted octanol–water partition coefficient (Wildman–Crippen LogP) is 3.68. The second-order valence-electron chi connectivity index (χ2n) is 4.85. The summed E-state index contributed by atoms with van der Waals surface area (Å²) in [4.78, 5) is 11.4. The zero-order valence-corrected chi connectivity index (χ0v) is 11.4. The summed E-state index contributed by atoms with van der Waals surface area (Å²) in [6.07, 6.45) is 0. The molecule has 1 unspecified atom stereocenters. The molecule has 0 fully saturated rings. The van der Waals surface area contributed by atoms with Crippen molar-refractivity contribution in [2.75, 3.05) is 5.32 Å². The molecule has 3 nitrogen and oxygen atoms in total. The number of halogens is 1. The van der Waals surface area contributed by atoms with Crippen LogP contribution in [0.25, 0.3) is 0 Å². The number of carboxylic acids is 1. The first-order valence-electron chi connectivity index (χ1n) is 6.29. The van der Waals surface area contributed by atoms with E-state index in [0.29, 0.717) is 11.3 Å². The maximum atomic E-state index is 13.2. The van der Waals surface area contributed by atoms with Crippen LogP contribution in [0.15, 0.2) is 42.5 Å². The van der Waals surface area contributed by atoms with Crippen LogP contribution < -0.4 is 5.32 Å². The van der Waals surface area contributed by atoms with Crippen LogP contribution >= 0.6 is 0 Å². The first-order chi connectivity index (χ1) is 9.45. The van der Waals surface area contributed by atoms with Gasteiger partial charge in [-0.05, 0) is 54.8 Å². The van der Waals surface area contributed by atoms with Gasteiger partial charge in [-0.15, -0.1) is 0 Å². The van der Waals surface area contributed by atoms with Gasteiger partial charge in [0.05, 0.1) is 0 Å². The van der Waals surface area contributed by atoms with E-state index in [0.717, 1.165) is 11.1 Å². The van der Waals surface area contributed by atoms with E-state index in [1.54, 1.807) is 6.07 Å². The highest BCUT2D eigenvalue weighted by Gasteiger charge is 2.20. The summed E-state index contributed by atoms with van der Waals surface area (Å²) < 4.78 is 13.2. The summed E-state index contributed by atoms with van der Waals surface area (Å²) in [6.45, 7) is 3.88. The summed E-state index contributed by atoms with van der Waals surface area (Å²) in [5.74, 6) is -1.49. The quantitative estimate of drug-likeness (QED) is 0.893. The van der Waals surface area contributed by atoms with E-state index in [2.05, 4.69) is 5.32 Å². The zero-order valence-electron chi connectivity index (χ0n) is 11.4. The molecule has 0 aromatic heterocycles. The number of aryl methyl sites for hydroxylation is 2. The zero-order chi connectivity index (χ0) is 14.7. The number of carboxylic acid groups (broad SMARTS) is 1. The lowest BCUT2D eigenvalue weighted by atomic mass is 10.1. The third-order valence-corrected chi connectivity index (χ3v) is 2.96. The Labute approximate surface area is 117 Å². The van der Waals surface area contributed by atoms with Crippen LogP contribution in [0.4, 0.5) is 10.1 Å². The molecule has 2 N–H and O–H groups in total. The maximum absolute atomic E-state index is 13.2. The number of carbonyl (C=O) groups is 1. The first-order valence-corrected chi connectivity index (χ1v) is 6.29. The highest BCUT2D eigenvalue weighted by atomic mass is 19.1. The standard InChI is InChI=1S/C16H16FNO2/c1-10-6-11(2)8-14(7-10)18-15(16(19)20)12-4-3-5-13(17)9-12/h3-9,15,18H,1-2H3,(H,19,20). The molecule has 0 radical (unpaired) electrons. The summed E-state index contributed by atoms with van der Waals surface area (Å²) in [7, 11) is 0. The minimum atomic E-state index is -1.05. The first kappa shape index (κ1) is 14.1. The number of rotatable bonds is 4. The molecule has 0 saturated carbocycles. The fourth-order valence-corrected chi connectivity index (χ4v) is 2.20. The topological polar surface area (TPSA) is 49.3 Å². The Kier molecular flexibility index (Phi) is 4.03.